The van der Waals surface area contributed by atoms with Gasteiger partial charge >= 0.3 is 6.03 Å². The molecule has 9 heteroatoms. The minimum Gasteiger partial charge on any atom is -0.368 e. The maximum Gasteiger partial charge on any atom is 0.322 e. The quantitative estimate of drug-likeness (QED) is 0.448. The van der Waals surface area contributed by atoms with Gasteiger partial charge in [-0.25, -0.2) is 9.18 Å². The molecule has 4 amide bonds. The van der Waals surface area contributed by atoms with Gasteiger partial charge in [0.2, 0.25) is 11.8 Å². The van der Waals surface area contributed by atoms with Crippen LogP contribution in [-0.4, -0.2) is 60.4 Å². The Morgan fingerprint density at radius 1 is 0.821 bits per heavy atom. The molecule has 1 saturated heterocycles. The van der Waals surface area contributed by atoms with E-state index in [1.165, 1.54) is 12.1 Å². The van der Waals surface area contributed by atoms with Gasteiger partial charge in [-0.15, -0.1) is 0 Å². The van der Waals surface area contributed by atoms with E-state index >= 15 is 0 Å². The van der Waals surface area contributed by atoms with Crippen LogP contribution in [0, 0.1) is 11.7 Å². The number of rotatable bonds is 8. The number of benzene rings is 3. The molecule has 202 valence electrons. The Balaban J connectivity index is 1.12. The molecule has 0 radical (unpaired) electrons. The lowest BCUT2D eigenvalue weighted by atomic mass is 10.2. The zero-order valence-electron chi connectivity index (χ0n) is 21.7. The molecule has 8 nitrogen and oxygen atoms in total. The molecule has 0 spiro atoms. The molecule has 0 aromatic heterocycles. The summed E-state index contributed by atoms with van der Waals surface area (Å²) in [6, 6.07) is 23.0. The van der Waals surface area contributed by atoms with E-state index in [0.29, 0.717) is 38.4 Å². The van der Waals surface area contributed by atoms with Crippen molar-refractivity contribution in [3.63, 3.8) is 0 Å². The number of piperazine rings is 1. The molecule has 5 rings (SSSR count). The number of para-hydroxylation sites is 1. The summed E-state index contributed by atoms with van der Waals surface area (Å²) in [5.74, 6) is -0.629. The van der Waals surface area contributed by atoms with Gasteiger partial charge in [0.1, 0.15) is 12.4 Å². The number of nitrogens with zero attached hydrogens (tertiary/aromatic N) is 3. The Bertz CT molecular complexity index is 1310. The summed E-state index contributed by atoms with van der Waals surface area (Å²) in [5, 5.41) is 5.54. The zero-order valence-corrected chi connectivity index (χ0v) is 21.7. The SMILES string of the molecule is O=C(CN(Cc1ccccc1)C(=O)C1CC1)Nc1ccc(N2CCN(C(=O)Nc3ccccc3F)CC2)cc1. The molecule has 2 N–H and O–H groups in total. The standard InChI is InChI=1S/C30H32FN5O3/c31-26-8-4-5-9-27(26)33-30(39)35-18-16-34(17-19-35)25-14-12-24(13-15-25)32-28(37)21-36(29(38)23-10-11-23)20-22-6-2-1-3-7-22/h1-9,12-15,23H,10-11,16-21H2,(H,32,37)(H,33,39). The van der Waals surface area contributed by atoms with E-state index in [9.17, 15) is 18.8 Å². The lowest BCUT2D eigenvalue weighted by Gasteiger charge is -2.36. The molecule has 1 saturated carbocycles. The molecule has 1 heterocycles. The average molecular weight is 530 g/mol. The maximum atomic E-state index is 13.8. The predicted octanol–water partition coefficient (Wildman–Crippen LogP) is 4.56. The van der Waals surface area contributed by atoms with E-state index in [1.54, 1.807) is 21.9 Å². The Kier molecular flexibility index (Phi) is 8.05. The summed E-state index contributed by atoms with van der Waals surface area (Å²) in [4.78, 5) is 43.6. The third kappa shape index (κ3) is 6.93. The van der Waals surface area contributed by atoms with Gasteiger partial charge in [0, 0.05) is 50.0 Å². The summed E-state index contributed by atoms with van der Waals surface area (Å²) < 4.78 is 13.8. The van der Waals surface area contributed by atoms with Crippen LogP contribution in [-0.2, 0) is 16.1 Å². The summed E-state index contributed by atoms with van der Waals surface area (Å²) in [7, 11) is 0. The van der Waals surface area contributed by atoms with Crippen molar-refractivity contribution in [1.82, 2.24) is 9.80 Å². The number of urea groups is 1. The molecule has 0 bridgehead atoms. The van der Waals surface area contributed by atoms with Crippen molar-refractivity contribution in [2.24, 2.45) is 5.92 Å². The third-order valence-electron chi connectivity index (χ3n) is 6.99. The van der Waals surface area contributed by atoms with Crippen molar-refractivity contribution in [3.8, 4) is 0 Å². The number of anilines is 3. The molecular formula is C30H32FN5O3. The van der Waals surface area contributed by atoms with Crippen LogP contribution < -0.4 is 15.5 Å². The zero-order chi connectivity index (χ0) is 27.2. The van der Waals surface area contributed by atoms with Crippen LogP contribution in [0.25, 0.3) is 0 Å². The van der Waals surface area contributed by atoms with Crippen molar-refractivity contribution >= 4 is 34.9 Å². The Morgan fingerprint density at radius 2 is 1.49 bits per heavy atom. The molecule has 2 aliphatic rings. The molecule has 0 atom stereocenters. The van der Waals surface area contributed by atoms with Gasteiger partial charge in [-0.3, -0.25) is 9.59 Å². The minimum absolute atomic E-state index is 0.00286. The minimum atomic E-state index is -0.463. The smallest absolute Gasteiger partial charge is 0.322 e. The van der Waals surface area contributed by atoms with Crippen molar-refractivity contribution in [2.75, 3.05) is 48.3 Å². The highest BCUT2D eigenvalue weighted by molar-refractivity contribution is 5.95. The maximum absolute atomic E-state index is 13.8. The second kappa shape index (κ2) is 12.0. The van der Waals surface area contributed by atoms with Gasteiger partial charge in [-0.2, -0.15) is 0 Å². The first kappa shape index (κ1) is 26.2. The second-order valence-electron chi connectivity index (χ2n) is 9.93. The highest BCUT2D eigenvalue weighted by Crippen LogP contribution is 2.31. The number of nitrogens with one attached hydrogen (secondary N) is 2. The van der Waals surface area contributed by atoms with Gasteiger partial charge in [-0.1, -0.05) is 42.5 Å². The number of amides is 4. The van der Waals surface area contributed by atoms with Crippen LogP contribution in [0.5, 0.6) is 0 Å². The number of halogens is 1. The summed E-state index contributed by atoms with van der Waals surface area (Å²) >= 11 is 0. The van der Waals surface area contributed by atoms with Crippen LogP contribution >= 0.6 is 0 Å². The largest absolute Gasteiger partial charge is 0.368 e. The predicted molar refractivity (Wildman–Crippen MR) is 149 cm³/mol. The van der Waals surface area contributed by atoms with Gasteiger partial charge in [0.05, 0.1) is 5.69 Å². The molecule has 3 aromatic carbocycles. The van der Waals surface area contributed by atoms with Gasteiger partial charge < -0.3 is 25.3 Å². The van der Waals surface area contributed by atoms with Crippen molar-refractivity contribution in [3.05, 3.63) is 90.2 Å². The van der Waals surface area contributed by atoms with Crippen molar-refractivity contribution in [1.29, 1.82) is 0 Å². The highest BCUT2D eigenvalue weighted by atomic mass is 19.1. The summed E-state index contributed by atoms with van der Waals surface area (Å²) in [5.41, 5.74) is 2.80. The van der Waals surface area contributed by atoms with E-state index in [0.717, 1.165) is 24.1 Å². The van der Waals surface area contributed by atoms with Crippen molar-refractivity contribution in [2.45, 2.75) is 19.4 Å². The lowest BCUT2D eigenvalue weighted by molar-refractivity contribution is -0.136. The van der Waals surface area contributed by atoms with Gasteiger partial charge in [0.15, 0.2) is 0 Å². The normalized spacial score (nSPS) is 15.0. The van der Waals surface area contributed by atoms with E-state index in [-0.39, 0.29) is 36.0 Å². The van der Waals surface area contributed by atoms with E-state index in [1.807, 2.05) is 54.6 Å². The van der Waals surface area contributed by atoms with Crippen LogP contribution in [0.2, 0.25) is 0 Å². The Hall–Kier alpha value is -4.40. The first-order chi connectivity index (χ1) is 19.0. The number of carbonyl (C=O) groups is 3. The number of carbonyl (C=O) groups excluding carboxylic acids is 3. The fourth-order valence-electron chi connectivity index (χ4n) is 4.66. The highest BCUT2D eigenvalue weighted by Gasteiger charge is 2.34. The first-order valence-corrected chi connectivity index (χ1v) is 13.2. The van der Waals surface area contributed by atoms with Crippen LogP contribution in [0.1, 0.15) is 18.4 Å². The number of hydrogen-bond acceptors (Lipinski definition) is 4. The van der Waals surface area contributed by atoms with Crippen LogP contribution in [0.3, 0.4) is 0 Å². The topological polar surface area (TPSA) is 85.0 Å². The fourth-order valence-corrected chi connectivity index (χ4v) is 4.66. The molecule has 1 aliphatic carbocycles. The second-order valence-corrected chi connectivity index (χ2v) is 9.93. The monoisotopic (exact) mass is 529 g/mol. The summed E-state index contributed by atoms with van der Waals surface area (Å²) in [6.07, 6.45) is 1.77. The Labute approximate surface area is 227 Å². The fraction of sp³-hybridized carbons (Fsp3) is 0.300. The van der Waals surface area contributed by atoms with Crippen LogP contribution in [0.4, 0.5) is 26.2 Å². The van der Waals surface area contributed by atoms with E-state index in [4.69, 9.17) is 0 Å². The first-order valence-electron chi connectivity index (χ1n) is 13.2. The Morgan fingerprint density at radius 3 is 2.15 bits per heavy atom. The molecule has 2 fully saturated rings. The van der Waals surface area contributed by atoms with Crippen molar-refractivity contribution < 1.29 is 18.8 Å². The van der Waals surface area contributed by atoms with Crippen LogP contribution in [0.15, 0.2) is 78.9 Å². The van der Waals surface area contributed by atoms with Gasteiger partial charge in [-0.05, 0) is 54.8 Å². The average Bonchev–Trinajstić information content (AvgIpc) is 3.80. The lowest BCUT2D eigenvalue weighted by Crippen LogP contribution is -2.50. The molecule has 0 unspecified atom stereocenters. The van der Waals surface area contributed by atoms with Gasteiger partial charge in [0.25, 0.3) is 0 Å². The number of hydrogen-bond donors (Lipinski definition) is 2. The summed E-state index contributed by atoms with van der Waals surface area (Å²) in [6.45, 7) is 2.69. The molecule has 1 aliphatic heterocycles. The third-order valence-corrected chi connectivity index (χ3v) is 6.99. The molecular weight excluding hydrogens is 497 g/mol. The molecule has 3 aromatic rings. The molecule has 39 heavy (non-hydrogen) atoms. The van der Waals surface area contributed by atoms with E-state index in [2.05, 4.69) is 15.5 Å². The van der Waals surface area contributed by atoms with E-state index < -0.39 is 5.82 Å².